The fraction of sp³-hybridized carbons (Fsp3) is 1.00. The molecule has 29 heavy (non-hydrogen) atoms. The molecule has 0 saturated heterocycles. The summed E-state index contributed by atoms with van der Waals surface area (Å²) in [5.41, 5.74) is -0.275. The molecule has 2 rings (SSSR count). The third-order valence-electron chi connectivity index (χ3n) is 5.53. The van der Waals surface area contributed by atoms with E-state index < -0.39 is 35.2 Å². The van der Waals surface area contributed by atoms with Crippen LogP contribution in [-0.4, -0.2) is 34.7 Å². The molecule has 172 valence electrons. The molecule has 13 heteroatoms. The predicted molar refractivity (Wildman–Crippen MR) is 94.9 cm³/mol. The Balaban J connectivity index is 1.82. The Morgan fingerprint density at radius 2 is 1.38 bits per heavy atom. The maximum Gasteiger partial charge on any atom is 0.460 e. The van der Waals surface area contributed by atoms with Gasteiger partial charge in [0.15, 0.2) is 0 Å². The third kappa shape index (κ3) is 5.43. The summed E-state index contributed by atoms with van der Waals surface area (Å²) < 4.78 is 117. The molecule has 0 amide bonds. The topological polar surface area (TPSA) is 24.1 Å². The summed E-state index contributed by atoms with van der Waals surface area (Å²) in [6.45, 7) is 4.17. The monoisotopic (exact) mass is 478 g/mol. The zero-order valence-corrected chi connectivity index (χ0v) is 17.3. The summed E-state index contributed by atoms with van der Waals surface area (Å²) in [4.78, 5) is 0. The highest BCUT2D eigenvalue weighted by Crippen LogP contribution is 2.56. The van der Waals surface area contributed by atoms with E-state index in [0.29, 0.717) is 29.7 Å². The van der Waals surface area contributed by atoms with Crippen molar-refractivity contribution in [2.75, 3.05) is 5.88 Å². The van der Waals surface area contributed by atoms with E-state index in [2.05, 4.69) is 12.2 Å². The lowest BCUT2D eigenvalue weighted by atomic mass is 9.63. The van der Waals surface area contributed by atoms with Gasteiger partial charge in [-0.1, -0.05) is 18.9 Å². The lowest BCUT2D eigenvalue weighted by Crippen LogP contribution is -2.60. The van der Waals surface area contributed by atoms with E-state index in [9.17, 15) is 39.5 Å². The third-order valence-corrected chi connectivity index (χ3v) is 7.14. The van der Waals surface area contributed by atoms with Crippen LogP contribution < -0.4 is 9.44 Å². The lowest BCUT2D eigenvalue weighted by molar-refractivity contribution is -0.381. The summed E-state index contributed by atoms with van der Waals surface area (Å²) >= 11 is -0.662. The van der Waals surface area contributed by atoms with Gasteiger partial charge in [0, 0.05) is 17.5 Å². The van der Waals surface area contributed by atoms with Crippen molar-refractivity contribution in [2.45, 2.75) is 74.8 Å². The minimum Gasteiger partial charge on any atom is -0.301 e. The molecule has 2 fully saturated rings. The van der Waals surface area contributed by atoms with Gasteiger partial charge >= 0.3 is 23.3 Å². The highest BCUT2D eigenvalue weighted by atomic mass is 32.2. The van der Waals surface area contributed by atoms with Gasteiger partial charge in [0.05, 0.1) is 5.88 Å². The Kier molecular flexibility index (Phi) is 7.40. The first-order valence-corrected chi connectivity index (χ1v) is 10.8. The van der Waals surface area contributed by atoms with Crippen LogP contribution in [0.3, 0.4) is 0 Å². The van der Waals surface area contributed by atoms with E-state index in [1.807, 2.05) is 6.92 Å². The summed E-state index contributed by atoms with van der Waals surface area (Å²) in [6.07, 6.45) is -1.73. The first-order valence-electron chi connectivity index (χ1n) is 9.01. The van der Waals surface area contributed by atoms with Gasteiger partial charge in [-0.25, -0.2) is 4.13 Å². The Bertz CT molecular complexity index is 553. The zero-order valence-electron chi connectivity index (χ0n) is 15.7. The van der Waals surface area contributed by atoms with Crippen molar-refractivity contribution in [3.63, 3.8) is 0 Å². The molecule has 2 aliphatic rings. The van der Waals surface area contributed by atoms with Crippen molar-refractivity contribution in [2.24, 2.45) is 17.8 Å². The maximum atomic E-state index is 13.4. The van der Waals surface area contributed by atoms with Gasteiger partial charge in [0.1, 0.15) is 0 Å². The van der Waals surface area contributed by atoms with Crippen molar-refractivity contribution >= 4 is 23.9 Å². The summed E-state index contributed by atoms with van der Waals surface area (Å²) in [7, 11) is 0. The van der Waals surface area contributed by atoms with Crippen molar-refractivity contribution in [1.82, 2.24) is 9.44 Å². The number of rotatable bonds is 8. The summed E-state index contributed by atoms with van der Waals surface area (Å²) in [5.74, 6) is -11.8. The number of halogens is 9. The van der Waals surface area contributed by atoms with Gasteiger partial charge in [-0.05, 0) is 56.8 Å². The molecule has 2 N–H and O–H groups in total. The molecule has 0 aliphatic heterocycles. The molecule has 2 unspecified atom stereocenters. The van der Waals surface area contributed by atoms with Crippen LogP contribution in [0.5, 0.6) is 0 Å². The van der Waals surface area contributed by atoms with Crippen LogP contribution in [0.2, 0.25) is 0 Å². The van der Waals surface area contributed by atoms with Gasteiger partial charge < -0.3 is 5.32 Å². The van der Waals surface area contributed by atoms with Crippen LogP contribution in [0.25, 0.3) is 0 Å². The first kappa shape index (κ1) is 25.3. The molecule has 0 aromatic rings. The van der Waals surface area contributed by atoms with Gasteiger partial charge in [0.25, 0.3) is 0 Å². The van der Waals surface area contributed by atoms with Crippen LogP contribution >= 0.6 is 23.9 Å². The molecule has 0 aromatic heterocycles. The van der Waals surface area contributed by atoms with Crippen molar-refractivity contribution in [1.29, 1.82) is 0 Å². The number of alkyl halides is 9. The van der Waals surface area contributed by atoms with Gasteiger partial charge in [-0.3, -0.25) is 0 Å². The summed E-state index contributed by atoms with van der Waals surface area (Å²) in [6, 6.07) is 0. The van der Waals surface area contributed by atoms with Crippen molar-refractivity contribution < 1.29 is 39.5 Å². The second-order valence-electron chi connectivity index (χ2n) is 8.33. The minimum atomic E-state index is -6.87. The van der Waals surface area contributed by atoms with Crippen LogP contribution in [0.1, 0.15) is 46.0 Å². The van der Waals surface area contributed by atoms with Gasteiger partial charge in [-0.15, -0.1) is 0 Å². The van der Waals surface area contributed by atoms with E-state index in [0.717, 1.165) is 32.1 Å². The van der Waals surface area contributed by atoms with Crippen LogP contribution in [0.4, 0.5) is 39.5 Å². The second-order valence-corrected chi connectivity index (χ2v) is 10.3. The van der Waals surface area contributed by atoms with Crippen LogP contribution in [-0.2, 0) is 0 Å². The van der Waals surface area contributed by atoms with E-state index in [4.69, 9.17) is 0 Å². The molecule has 0 aromatic carbocycles. The van der Waals surface area contributed by atoms with E-state index in [-0.39, 0.29) is 11.4 Å². The molecule has 0 spiro atoms. The normalized spacial score (nSPS) is 31.8. The fourth-order valence-electron chi connectivity index (χ4n) is 4.48. The zero-order chi connectivity index (χ0) is 22.3. The molecule has 2 saturated carbocycles. The standard InChI is InChI=1S/C16H23F9N2S2/c1-9-3-10-5-11(4-9)7-12(2,6-10)26-8-28-27-29-16(24,25)14(19,20)13(17,18)15(21,22)23/h9-11,26-27H,3-8H2,1-2H3. The molecule has 2 atom stereocenters. The smallest absolute Gasteiger partial charge is 0.301 e. The summed E-state index contributed by atoms with van der Waals surface area (Å²) in [5, 5.41) is -2.53. The maximum absolute atomic E-state index is 13.4. The fourth-order valence-corrected chi connectivity index (χ4v) is 6.05. The molecule has 0 heterocycles. The number of hydrogen-bond donors (Lipinski definition) is 2. The molecular formula is C16H23F9N2S2. The molecular weight excluding hydrogens is 455 g/mol. The van der Waals surface area contributed by atoms with Gasteiger partial charge in [0.2, 0.25) is 0 Å². The molecule has 2 aliphatic carbocycles. The van der Waals surface area contributed by atoms with E-state index in [1.54, 1.807) is 4.13 Å². The molecule has 2 bridgehead atoms. The van der Waals surface area contributed by atoms with Crippen LogP contribution in [0.15, 0.2) is 0 Å². The number of hydrogen-bond acceptors (Lipinski definition) is 4. The predicted octanol–water partition coefficient (Wildman–Crippen LogP) is 6.45. The van der Waals surface area contributed by atoms with E-state index in [1.165, 1.54) is 0 Å². The highest BCUT2D eigenvalue weighted by Gasteiger charge is 2.82. The first-order chi connectivity index (χ1) is 13.0. The number of nitrogens with one attached hydrogen (secondary N) is 2. The highest BCUT2D eigenvalue weighted by molar-refractivity contribution is 8.13. The average Bonchev–Trinajstić information content (AvgIpc) is 2.51. The molecule has 0 radical (unpaired) electrons. The Morgan fingerprint density at radius 3 is 1.86 bits per heavy atom. The SMILES string of the molecule is CC1CC2CC(C1)CC(C)(NCSNSC(F)(F)C(F)(F)C(F)(F)C(F)(F)F)C2. The largest absolute Gasteiger partial charge is 0.460 e. The van der Waals surface area contributed by atoms with E-state index >= 15 is 0 Å². The average molecular weight is 478 g/mol. The Morgan fingerprint density at radius 1 is 0.862 bits per heavy atom. The van der Waals surface area contributed by atoms with Gasteiger partial charge in [-0.2, -0.15) is 39.5 Å². The lowest BCUT2D eigenvalue weighted by Gasteiger charge is -2.47. The quantitative estimate of drug-likeness (QED) is 0.181. The second kappa shape index (κ2) is 8.50. The van der Waals surface area contributed by atoms with Crippen molar-refractivity contribution in [3.05, 3.63) is 0 Å². The Labute approximate surface area is 171 Å². The molecule has 2 nitrogen and oxygen atoms in total. The number of fused-ring (bicyclic) bond motifs is 2. The Hall–Kier alpha value is -0.0100. The van der Waals surface area contributed by atoms with Crippen molar-refractivity contribution in [3.8, 4) is 0 Å². The van der Waals surface area contributed by atoms with Crippen LogP contribution in [0, 0.1) is 17.8 Å². The minimum absolute atomic E-state index is 0.00416.